The van der Waals surface area contributed by atoms with Crippen LogP contribution in [-0.4, -0.2) is 23.6 Å². The minimum Gasteiger partial charge on any atom is -0.481 e. The van der Waals surface area contributed by atoms with E-state index in [0.29, 0.717) is 12.4 Å². The van der Waals surface area contributed by atoms with Crippen molar-refractivity contribution in [1.82, 2.24) is 9.97 Å². The first-order valence-corrected chi connectivity index (χ1v) is 7.74. The van der Waals surface area contributed by atoms with Gasteiger partial charge in [0, 0.05) is 17.0 Å². The number of hydrogen-bond acceptors (Lipinski definition) is 3. The topological polar surface area (TPSA) is 63.9 Å². The van der Waals surface area contributed by atoms with E-state index < -0.39 is 0 Å². The number of hydrogen-bond donors (Lipinski definition) is 2. The Morgan fingerprint density at radius 3 is 2.87 bits per heavy atom. The standard InChI is InChI=1S/C18H20FN3O/c1-23-17-7-4-6-16(21-17)18-13(5-2-3-10-20)14-11-12(19)8-9-15(14)22-18/h4,6-9,11,22H,2-3,5,10,20H2,1H3. The molecule has 4 nitrogen and oxygen atoms in total. The number of H-pyrrole nitrogens is 1. The number of nitrogens with one attached hydrogen (secondary N) is 1. The minimum atomic E-state index is -0.235. The van der Waals surface area contributed by atoms with Gasteiger partial charge in [-0.15, -0.1) is 0 Å². The lowest BCUT2D eigenvalue weighted by Gasteiger charge is -2.06. The Balaban J connectivity index is 2.11. The molecule has 0 aliphatic rings. The summed E-state index contributed by atoms with van der Waals surface area (Å²) in [6.07, 6.45) is 2.72. The quantitative estimate of drug-likeness (QED) is 0.683. The van der Waals surface area contributed by atoms with E-state index in [1.165, 1.54) is 6.07 Å². The summed E-state index contributed by atoms with van der Waals surface area (Å²) in [5.74, 6) is 0.321. The zero-order chi connectivity index (χ0) is 16.2. The van der Waals surface area contributed by atoms with Gasteiger partial charge in [-0.3, -0.25) is 0 Å². The SMILES string of the molecule is COc1cccc(-c2[nH]c3ccc(F)cc3c2CCCCN)n1. The monoisotopic (exact) mass is 313 g/mol. The number of aryl methyl sites for hydroxylation is 1. The summed E-state index contributed by atoms with van der Waals surface area (Å²) in [6, 6.07) is 10.4. The molecule has 0 saturated carbocycles. The number of benzene rings is 1. The van der Waals surface area contributed by atoms with Crippen molar-refractivity contribution in [2.75, 3.05) is 13.7 Å². The van der Waals surface area contributed by atoms with Crippen molar-refractivity contribution < 1.29 is 9.13 Å². The lowest BCUT2D eigenvalue weighted by Crippen LogP contribution is -1.99. The van der Waals surface area contributed by atoms with Crippen LogP contribution in [0.4, 0.5) is 4.39 Å². The number of aromatic nitrogens is 2. The number of methoxy groups -OCH3 is 1. The van der Waals surface area contributed by atoms with E-state index >= 15 is 0 Å². The maximum atomic E-state index is 13.7. The van der Waals surface area contributed by atoms with Crippen molar-refractivity contribution in [1.29, 1.82) is 0 Å². The van der Waals surface area contributed by atoms with Crippen LogP contribution in [0.2, 0.25) is 0 Å². The number of nitrogens with two attached hydrogens (primary N) is 1. The summed E-state index contributed by atoms with van der Waals surface area (Å²) >= 11 is 0. The van der Waals surface area contributed by atoms with E-state index in [4.69, 9.17) is 10.5 Å². The van der Waals surface area contributed by atoms with Gasteiger partial charge in [0.1, 0.15) is 5.82 Å². The zero-order valence-electron chi connectivity index (χ0n) is 13.1. The smallest absolute Gasteiger partial charge is 0.213 e. The largest absolute Gasteiger partial charge is 0.481 e. The molecule has 0 amide bonds. The highest BCUT2D eigenvalue weighted by Crippen LogP contribution is 2.31. The van der Waals surface area contributed by atoms with Crippen molar-refractivity contribution in [2.24, 2.45) is 5.73 Å². The van der Waals surface area contributed by atoms with Crippen molar-refractivity contribution in [3.05, 3.63) is 47.8 Å². The second-order valence-corrected chi connectivity index (χ2v) is 5.48. The predicted octanol–water partition coefficient (Wildman–Crippen LogP) is 3.66. The molecular weight excluding hydrogens is 293 g/mol. The lowest BCUT2D eigenvalue weighted by molar-refractivity contribution is 0.398. The molecule has 3 rings (SSSR count). The molecule has 3 N–H and O–H groups in total. The Bertz CT molecular complexity index is 813. The number of fused-ring (bicyclic) bond motifs is 1. The molecule has 2 aromatic heterocycles. The highest BCUT2D eigenvalue weighted by atomic mass is 19.1. The third-order valence-electron chi connectivity index (χ3n) is 3.94. The molecule has 1 aromatic carbocycles. The van der Waals surface area contributed by atoms with Crippen molar-refractivity contribution in [2.45, 2.75) is 19.3 Å². The van der Waals surface area contributed by atoms with Gasteiger partial charge in [-0.25, -0.2) is 9.37 Å². The normalized spacial score (nSPS) is 11.1. The van der Waals surface area contributed by atoms with Crippen LogP contribution in [-0.2, 0) is 6.42 Å². The van der Waals surface area contributed by atoms with Crippen LogP contribution in [0.15, 0.2) is 36.4 Å². The van der Waals surface area contributed by atoms with Crippen LogP contribution in [0.5, 0.6) is 5.88 Å². The molecule has 0 unspecified atom stereocenters. The highest BCUT2D eigenvalue weighted by Gasteiger charge is 2.15. The first-order chi connectivity index (χ1) is 11.2. The van der Waals surface area contributed by atoms with E-state index in [0.717, 1.165) is 47.1 Å². The fourth-order valence-electron chi connectivity index (χ4n) is 2.81. The van der Waals surface area contributed by atoms with Crippen LogP contribution in [0.1, 0.15) is 18.4 Å². The zero-order valence-corrected chi connectivity index (χ0v) is 13.1. The van der Waals surface area contributed by atoms with E-state index in [1.807, 2.05) is 12.1 Å². The molecule has 0 saturated heterocycles. The van der Waals surface area contributed by atoms with Gasteiger partial charge in [0.25, 0.3) is 0 Å². The highest BCUT2D eigenvalue weighted by molar-refractivity contribution is 5.90. The maximum absolute atomic E-state index is 13.7. The molecular formula is C18H20FN3O. The first kappa shape index (κ1) is 15.5. The van der Waals surface area contributed by atoms with Gasteiger partial charge in [0.15, 0.2) is 0 Å². The summed E-state index contributed by atoms with van der Waals surface area (Å²) < 4.78 is 18.9. The second-order valence-electron chi connectivity index (χ2n) is 5.48. The fraction of sp³-hybridized carbons (Fsp3) is 0.278. The Morgan fingerprint density at radius 2 is 2.09 bits per heavy atom. The van der Waals surface area contributed by atoms with Gasteiger partial charge >= 0.3 is 0 Å². The molecule has 2 heterocycles. The number of unbranched alkanes of at least 4 members (excludes halogenated alkanes) is 1. The molecule has 0 atom stereocenters. The summed E-state index contributed by atoms with van der Waals surface area (Å²) in [5.41, 5.74) is 9.30. The van der Waals surface area contributed by atoms with Gasteiger partial charge in [-0.05, 0) is 55.6 Å². The Kier molecular flexibility index (Phi) is 4.57. The predicted molar refractivity (Wildman–Crippen MR) is 90.0 cm³/mol. The van der Waals surface area contributed by atoms with Gasteiger partial charge in [0.2, 0.25) is 5.88 Å². The third-order valence-corrected chi connectivity index (χ3v) is 3.94. The van der Waals surface area contributed by atoms with Gasteiger partial charge < -0.3 is 15.5 Å². The maximum Gasteiger partial charge on any atom is 0.213 e. The van der Waals surface area contributed by atoms with E-state index in [-0.39, 0.29) is 5.82 Å². The average molecular weight is 313 g/mol. The number of ether oxygens (including phenoxy) is 1. The Hall–Kier alpha value is -2.40. The molecule has 0 aliphatic heterocycles. The number of pyridine rings is 1. The first-order valence-electron chi connectivity index (χ1n) is 7.74. The second kappa shape index (κ2) is 6.79. The summed E-state index contributed by atoms with van der Waals surface area (Å²) in [7, 11) is 1.59. The Morgan fingerprint density at radius 1 is 1.22 bits per heavy atom. The van der Waals surface area contributed by atoms with Gasteiger partial charge in [-0.2, -0.15) is 0 Å². The van der Waals surface area contributed by atoms with Crippen molar-refractivity contribution in [3.63, 3.8) is 0 Å². The molecule has 23 heavy (non-hydrogen) atoms. The van der Waals surface area contributed by atoms with Crippen LogP contribution in [0, 0.1) is 5.82 Å². The van der Waals surface area contributed by atoms with E-state index in [9.17, 15) is 4.39 Å². The van der Waals surface area contributed by atoms with Crippen LogP contribution in [0.3, 0.4) is 0 Å². The number of rotatable bonds is 6. The van der Waals surface area contributed by atoms with Gasteiger partial charge in [-0.1, -0.05) is 6.07 Å². The third kappa shape index (κ3) is 3.19. The fourth-order valence-corrected chi connectivity index (χ4v) is 2.81. The molecule has 5 heteroatoms. The van der Waals surface area contributed by atoms with Crippen LogP contribution >= 0.6 is 0 Å². The lowest BCUT2D eigenvalue weighted by atomic mass is 10.0. The number of halogens is 1. The summed E-state index contributed by atoms with van der Waals surface area (Å²) in [4.78, 5) is 7.87. The van der Waals surface area contributed by atoms with E-state index in [2.05, 4.69) is 9.97 Å². The van der Waals surface area contributed by atoms with Crippen molar-refractivity contribution >= 4 is 10.9 Å². The molecule has 0 spiro atoms. The van der Waals surface area contributed by atoms with Crippen LogP contribution in [0.25, 0.3) is 22.3 Å². The Labute approximate surface area is 134 Å². The van der Waals surface area contributed by atoms with Gasteiger partial charge in [0.05, 0.1) is 18.5 Å². The van der Waals surface area contributed by atoms with E-state index in [1.54, 1.807) is 25.3 Å². The molecule has 0 fully saturated rings. The summed E-state index contributed by atoms with van der Waals surface area (Å²) in [6.45, 7) is 0.656. The summed E-state index contributed by atoms with van der Waals surface area (Å²) in [5, 5.41) is 0.904. The van der Waals surface area contributed by atoms with Crippen LogP contribution < -0.4 is 10.5 Å². The molecule has 3 aromatic rings. The minimum absolute atomic E-state index is 0.235. The molecule has 120 valence electrons. The number of aromatic amines is 1. The molecule has 0 radical (unpaired) electrons. The van der Waals surface area contributed by atoms with Crippen molar-refractivity contribution in [3.8, 4) is 17.3 Å². The average Bonchev–Trinajstić information content (AvgIpc) is 2.93. The molecule has 0 bridgehead atoms. The molecule has 0 aliphatic carbocycles. The number of nitrogens with zero attached hydrogens (tertiary/aromatic N) is 1.